The largest absolute Gasteiger partial charge is 0.416 e. The van der Waals surface area contributed by atoms with Crippen LogP contribution < -0.4 is 0 Å². The number of cyclic esters (lactones) is 1. The van der Waals surface area contributed by atoms with Gasteiger partial charge < -0.3 is 9.64 Å². The van der Waals surface area contributed by atoms with Crippen LogP contribution in [0.25, 0.3) is 0 Å². The van der Waals surface area contributed by atoms with Crippen molar-refractivity contribution in [1.29, 1.82) is 0 Å². The van der Waals surface area contributed by atoms with E-state index in [0.717, 1.165) is 4.91 Å². The molecule has 0 aliphatic carbocycles. The van der Waals surface area contributed by atoms with Crippen LogP contribution in [-0.2, 0) is 4.74 Å². The molecule has 2 rings (SSSR count). The smallest absolute Gasteiger partial charge is 0.401 e. The maximum absolute atomic E-state index is 11.1. The fraction of sp³-hybridized carbons (Fsp3) is 0.688. The number of rotatable bonds is 2. The molecule has 23 heavy (non-hydrogen) atoms. The molecule has 2 aliphatic rings. The van der Waals surface area contributed by atoms with E-state index < -0.39 is 0 Å². The molecule has 2 amide bonds. The lowest BCUT2D eigenvalue weighted by Crippen LogP contribution is -2.35. The highest BCUT2D eigenvalue weighted by atomic mass is 32.2. The minimum atomic E-state index is -0.339. The lowest BCUT2D eigenvalue weighted by molar-refractivity contribution is 0.175. The molecule has 5 nitrogen and oxygen atoms in total. The Kier molecular flexibility index (Phi) is 8.28. The summed E-state index contributed by atoms with van der Waals surface area (Å²) >= 11 is 6.14. The van der Waals surface area contributed by atoms with Crippen LogP contribution in [0.15, 0.2) is 11.5 Å². The van der Waals surface area contributed by atoms with Gasteiger partial charge in [0.2, 0.25) is 0 Å². The number of thioether (sulfide) groups is 1. The summed E-state index contributed by atoms with van der Waals surface area (Å²) < 4.78 is 4.77. The third-order valence-corrected chi connectivity index (χ3v) is 4.94. The minimum absolute atomic E-state index is 0. The van der Waals surface area contributed by atoms with Crippen LogP contribution in [0.2, 0.25) is 0 Å². The highest BCUT2D eigenvalue weighted by molar-refractivity contribution is 8.17. The molecule has 2 aliphatic heterocycles. The van der Waals surface area contributed by atoms with Gasteiger partial charge in [0.15, 0.2) is 5.05 Å². The van der Waals surface area contributed by atoms with Gasteiger partial charge in [-0.15, -0.1) is 0 Å². The summed E-state index contributed by atoms with van der Waals surface area (Å²) in [6.07, 6.45) is -0.339. The highest BCUT2D eigenvalue weighted by Gasteiger charge is 2.37. The monoisotopic (exact) mass is 360 g/mol. The van der Waals surface area contributed by atoms with Crippen LogP contribution in [-0.4, -0.2) is 52.4 Å². The Labute approximate surface area is 149 Å². The molecule has 0 N–H and O–H groups in total. The molecule has 7 heteroatoms. The van der Waals surface area contributed by atoms with E-state index in [1.807, 2.05) is 20.9 Å². The van der Waals surface area contributed by atoms with Gasteiger partial charge in [-0.1, -0.05) is 41.7 Å². The molecule has 2 heterocycles. The second-order valence-electron chi connectivity index (χ2n) is 6.12. The first-order chi connectivity index (χ1) is 10.1. The predicted molar refractivity (Wildman–Crippen MR) is 101 cm³/mol. The van der Waals surface area contributed by atoms with Crippen molar-refractivity contribution in [2.24, 2.45) is 11.8 Å². The van der Waals surface area contributed by atoms with Gasteiger partial charge in [-0.05, 0) is 35.8 Å². The van der Waals surface area contributed by atoms with Gasteiger partial charge in [0, 0.05) is 19.0 Å². The summed E-state index contributed by atoms with van der Waals surface area (Å²) in [6, 6.07) is 0.199. The normalized spacial score (nSPS) is 24.0. The molecule has 2 fully saturated rings. The molecule has 2 atom stereocenters. The van der Waals surface area contributed by atoms with Crippen molar-refractivity contribution in [3.05, 3.63) is 11.5 Å². The number of carbonyl (C=O) groups excluding carboxylic acids is 2. The average molecular weight is 361 g/mol. The highest BCUT2D eigenvalue weighted by Crippen LogP contribution is 2.35. The van der Waals surface area contributed by atoms with E-state index in [2.05, 4.69) is 20.4 Å². The van der Waals surface area contributed by atoms with Crippen molar-refractivity contribution >= 4 is 40.4 Å². The van der Waals surface area contributed by atoms with Crippen LogP contribution in [0.5, 0.6) is 0 Å². The van der Waals surface area contributed by atoms with Gasteiger partial charge in [0.25, 0.3) is 5.24 Å². The topological polar surface area (TPSA) is 49.9 Å². The maximum atomic E-state index is 11.1. The third kappa shape index (κ3) is 4.94. The number of carbonyl (C=O) groups is 2. The number of hydrogen-bond donors (Lipinski definition) is 0. The molecule has 0 aromatic heterocycles. The Morgan fingerprint density at radius 3 is 1.74 bits per heavy atom. The molecule has 0 aromatic carbocycles. The molecule has 132 valence electrons. The molecule has 2 unspecified atom stereocenters. The lowest BCUT2D eigenvalue weighted by atomic mass is 10.0. The van der Waals surface area contributed by atoms with Crippen molar-refractivity contribution in [2.75, 3.05) is 14.1 Å². The Morgan fingerprint density at radius 1 is 1.09 bits per heavy atom. The van der Waals surface area contributed by atoms with E-state index in [0.29, 0.717) is 16.9 Å². The van der Waals surface area contributed by atoms with E-state index in [1.54, 1.807) is 11.9 Å². The number of likely N-dealkylation sites (N-methyl/N-ethyl adjacent to an activating group) is 2. The van der Waals surface area contributed by atoms with Gasteiger partial charge in [0.1, 0.15) is 6.04 Å². The number of amides is 2. The Hall–Kier alpha value is -1.08. The van der Waals surface area contributed by atoms with Crippen LogP contribution in [0.3, 0.4) is 0 Å². The van der Waals surface area contributed by atoms with Crippen LogP contribution in [0, 0.1) is 11.8 Å². The van der Waals surface area contributed by atoms with Crippen molar-refractivity contribution in [3.63, 3.8) is 0 Å². The first kappa shape index (κ1) is 21.9. The Morgan fingerprint density at radius 2 is 1.57 bits per heavy atom. The summed E-state index contributed by atoms with van der Waals surface area (Å²) in [5.74, 6) is 0.783. The molecule has 0 saturated carbocycles. The number of nitrogens with zero attached hydrogens (tertiary/aromatic N) is 2. The first-order valence-corrected chi connectivity index (χ1v) is 8.42. The average Bonchev–Trinajstić information content (AvgIpc) is 2.77. The van der Waals surface area contributed by atoms with Gasteiger partial charge in [-0.2, -0.15) is 0 Å². The summed E-state index contributed by atoms with van der Waals surface area (Å²) in [6.45, 7) is 12.1. The number of thiocarbonyl (C=S) groups is 1. The molecular weight excluding hydrogens is 332 g/mol. The van der Waals surface area contributed by atoms with E-state index in [9.17, 15) is 9.59 Å². The van der Waals surface area contributed by atoms with E-state index in [4.69, 9.17) is 17.0 Å². The molecular formula is C16H28N2O3S2. The predicted octanol–water partition coefficient (Wildman–Crippen LogP) is 4.38. The zero-order chi connectivity index (χ0) is 17.2. The number of ether oxygens (including phenoxy) is 1. The SMILES string of the molecule is C.C=C1SC(=O)N(C)C1C(C)C.CC(C)C1C(=S)OC(=O)N1C. The minimum Gasteiger partial charge on any atom is -0.401 e. The second kappa shape index (κ2) is 8.68. The van der Waals surface area contributed by atoms with Crippen molar-refractivity contribution in [2.45, 2.75) is 47.2 Å². The van der Waals surface area contributed by atoms with Crippen LogP contribution in [0.1, 0.15) is 35.1 Å². The van der Waals surface area contributed by atoms with E-state index >= 15 is 0 Å². The molecule has 0 bridgehead atoms. The van der Waals surface area contributed by atoms with Crippen molar-refractivity contribution in [3.8, 4) is 0 Å². The van der Waals surface area contributed by atoms with Crippen LogP contribution in [0.4, 0.5) is 9.59 Å². The Balaban J connectivity index is 0.000000403. The number of hydrogen-bond acceptors (Lipinski definition) is 5. The van der Waals surface area contributed by atoms with Gasteiger partial charge >= 0.3 is 6.09 Å². The Bertz CT molecular complexity index is 448. The van der Waals surface area contributed by atoms with Crippen LogP contribution >= 0.6 is 24.0 Å². The maximum Gasteiger partial charge on any atom is 0.416 e. The first-order valence-electron chi connectivity index (χ1n) is 7.19. The van der Waals surface area contributed by atoms with Crippen molar-refractivity contribution < 1.29 is 14.3 Å². The molecule has 0 spiro atoms. The van der Waals surface area contributed by atoms with Gasteiger partial charge in [-0.25, -0.2) is 4.79 Å². The summed E-state index contributed by atoms with van der Waals surface area (Å²) in [5, 5.41) is 0.515. The molecule has 0 radical (unpaired) electrons. The summed E-state index contributed by atoms with van der Waals surface area (Å²) in [7, 11) is 3.53. The molecule has 0 aromatic rings. The van der Waals surface area contributed by atoms with E-state index in [-0.39, 0.29) is 30.8 Å². The fourth-order valence-corrected chi connectivity index (χ4v) is 4.14. The van der Waals surface area contributed by atoms with E-state index in [1.165, 1.54) is 16.7 Å². The molecule has 2 saturated heterocycles. The second-order valence-corrected chi connectivity index (χ2v) is 7.60. The summed E-state index contributed by atoms with van der Waals surface area (Å²) in [5.41, 5.74) is 0. The standard InChI is InChI=1S/C8H13NOS.C7H11NO2S.CH4/c1-5(2)7-6(3)11-8(10)9(7)4;1-4(2)5-6(11)10-7(9)8(5)3;/h5,7H,3H2,1-2,4H3;4-5H,1-3H3;1H4. The fourth-order valence-electron chi connectivity index (χ4n) is 2.60. The third-order valence-electron chi connectivity index (χ3n) is 3.65. The van der Waals surface area contributed by atoms with Gasteiger partial charge in [0.05, 0.1) is 6.04 Å². The zero-order valence-corrected chi connectivity index (χ0v) is 15.6. The zero-order valence-electron chi connectivity index (χ0n) is 14.0. The quantitative estimate of drug-likeness (QED) is 0.684. The summed E-state index contributed by atoms with van der Waals surface area (Å²) in [4.78, 5) is 26.3. The van der Waals surface area contributed by atoms with Gasteiger partial charge in [-0.3, -0.25) is 9.69 Å². The lowest BCUT2D eigenvalue weighted by Gasteiger charge is -2.22. The van der Waals surface area contributed by atoms with Crippen molar-refractivity contribution in [1.82, 2.24) is 9.80 Å².